The van der Waals surface area contributed by atoms with Crippen molar-refractivity contribution in [1.29, 1.82) is 0 Å². The Bertz CT molecular complexity index is 839. The maximum absolute atomic E-state index is 12.5. The van der Waals surface area contributed by atoms with E-state index in [1.165, 1.54) is 19.0 Å². The number of hydrogen-bond donors (Lipinski definition) is 1. The number of esters is 1. The summed E-state index contributed by atoms with van der Waals surface area (Å²) in [6.07, 6.45) is 0.887. The summed E-state index contributed by atoms with van der Waals surface area (Å²) >= 11 is 0. The second kappa shape index (κ2) is 9.87. The van der Waals surface area contributed by atoms with E-state index in [0.29, 0.717) is 5.56 Å². The minimum Gasteiger partial charge on any atom is -0.454 e. The van der Waals surface area contributed by atoms with Gasteiger partial charge in [0.25, 0.3) is 11.8 Å². The molecule has 162 valence electrons. The number of hydrogen-bond acceptors (Lipinski definition) is 6. The van der Waals surface area contributed by atoms with Gasteiger partial charge in [0.05, 0.1) is 5.75 Å². The number of ether oxygens (including phenoxy) is 1. The first-order chi connectivity index (χ1) is 13.2. The quantitative estimate of drug-likeness (QED) is 0.625. The molecule has 0 aliphatic rings. The first kappa shape index (κ1) is 24.6. The molecule has 0 aliphatic carbocycles. The van der Waals surface area contributed by atoms with Gasteiger partial charge >= 0.3 is 5.97 Å². The Labute approximate surface area is 172 Å². The molecule has 0 heterocycles. The number of nitrogens with one attached hydrogen (secondary N) is 1. The van der Waals surface area contributed by atoms with E-state index < -0.39 is 40.3 Å². The van der Waals surface area contributed by atoms with Crippen molar-refractivity contribution in [2.24, 2.45) is 0 Å². The van der Waals surface area contributed by atoms with Gasteiger partial charge in [0.15, 0.2) is 6.61 Å². The number of rotatable bonds is 8. The first-order valence-corrected chi connectivity index (χ1v) is 11.2. The number of likely N-dealkylation sites (N-methyl/N-ethyl adjacent to an activating group) is 1. The molecule has 0 fully saturated rings. The van der Waals surface area contributed by atoms with Gasteiger partial charge in [-0.2, -0.15) is 0 Å². The predicted molar refractivity (Wildman–Crippen MR) is 110 cm³/mol. The van der Waals surface area contributed by atoms with Crippen molar-refractivity contribution in [3.63, 3.8) is 0 Å². The lowest BCUT2D eigenvalue weighted by atomic mass is 9.86. The third kappa shape index (κ3) is 8.64. The van der Waals surface area contributed by atoms with E-state index in [4.69, 9.17) is 4.74 Å². The zero-order valence-electron chi connectivity index (χ0n) is 17.8. The van der Waals surface area contributed by atoms with Gasteiger partial charge in [0.1, 0.15) is 15.9 Å². The maximum Gasteiger partial charge on any atom is 0.329 e. The third-order valence-corrected chi connectivity index (χ3v) is 5.19. The molecule has 0 unspecified atom stereocenters. The van der Waals surface area contributed by atoms with Crippen LogP contribution < -0.4 is 5.32 Å². The Kier molecular flexibility index (Phi) is 8.37. The lowest BCUT2D eigenvalue weighted by Gasteiger charge is -2.20. The fourth-order valence-corrected chi connectivity index (χ4v) is 2.97. The normalized spacial score (nSPS) is 12.8. The van der Waals surface area contributed by atoms with Crippen LogP contribution in [0.5, 0.6) is 0 Å². The smallest absolute Gasteiger partial charge is 0.329 e. The van der Waals surface area contributed by atoms with E-state index in [2.05, 4.69) is 5.32 Å². The highest BCUT2D eigenvalue weighted by atomic mass is 32.2. The van der Waals surface area contributed by atoms with Crippen molar-refractivity contribution >= 4 is 27.6 Å². The van der Waals surface area contributed by atoms with Gasteiger partial charge in [0.2, 0.25) is 0 Å². The van der Waals surface area contributed by atoms with Gasteiger partial charge in [-0.1, -0.05) is 32.9 Å². The van der Waals surface area contributed by atoms with Crippen LogP contribution in [-0.2, 0) is 29.6 Å². The Morgan fingerprint density at radius 1 is 1.10 bits per heavy atom. The van der Waals surface area contributed by atoms with Crippen molar-refractivity contribution in [3.8, 4) is 0 Å². The molecule has 1 aromatic rings. The molecule has 0 radical (unpaired) electrons. The molecule has 0 saturated heterocycles. The van der Waals surface area contributed by atoms with E-state index in [1.807, 2.05) is 32.9 Å². The molecular weight excluding hydrogens is 396 g/mol. The highest BCUT2D eigenvalue weighted by Crippen LogP contribution is 2.22. The van der Waals surface area contributed by atoms with Crippen molar-refractivity contribution in [2.75, 3.05) is 32.7 Å². The van der Waals surface area contributed by atoms with Crippen molar-refractivity contribution in [3.05, 3.63) is 35.4 Å². The summed E-state index contributed by atoms with van der Waals surface area (Å²) < 4.78 is 27.9. The van der Waals surface area contributed by atoms with Crippen LogP contribution in [0.25, 0.3) is 0 Å². The van der Waals surface area contributed by atoms with Crippen LogP contribution in [0.1, 0.15) is 43.1 Å². The van der Waals surface area contributed by atoms with E-state index in [0.717, 1.165) is 11.8 Å². The number of sulfone groups is 1. The van der Waals surface area contributed by atoms with Gasteiger partial charge in [-0.25, -0.2) is 13.2 Å². The van der Waals surface area contributed by atoms with Crippen molar-refractivity contribution < 1.29 is 27.5 Å². The van der Waals surface area contributed by atoms with E-state index >= 15 is 0 Å². The molecule has 2 amide bonds. The summed E-state index contributed by atoms with van der Waals surface area (Å²) in [7, 11) is -0.326. The summed E-state index contributed by atoms with van der Waals surface area (Å²) in [5.41, 5.74) is 1.30. The Hall–Kier alpha value is -2.42. The lowest BCUT2D eigenvalue weighted by Crippen LogP contribution is -2.44. The number of carbonyl (C=O) groups excluding carboxylic acids is 3. The number of benzene rings is 1. The van der Waals surface area contributed by atoms with Gasteiger partial charge in [-0.15, -0.1) is 0 Å². The topological polar surface area (TPSA) is 110 Å². The molecule has 9 heteroatoms. The van der Waals surface area contributed by atoms with Crippen LogP contribution in [0.2, 0.25) is 0 Å². The van der Waals surface area contributed by atoms with Crippen molar-refractivity contribution in [1.82, 2.24) is 10.2 Å². The molecule has 1 atom stereocenters. The van der Waals surface area contributed by atoms with E-state index in [-0.39, 0.29) is 17.6 Å². The molecule has 0 spiro atoms. The largest absolute Gasteiger partial charge is 0.454 e. The lowest BCUT2D eigenvalue weighted by molar-refractivity contribution is -0.152. The average molecular weight is 427 g/mol. The van der Waals surface area contributed by atoms with Crippen molar-refractivity contribution in [2.45, 2.75) is 38.6 Å². The van der Waals surface area contributed by atoms with Gasteiger partial charge in [0, 0.05) is 25.9 Å². The second-order valence-electron chi connectivity index (χ2n) is 8.17. The molecule has 29 heavy (non-hydrogen) atoms. The summed E-state index contributed by atoms with van der Waals surface area (Å²) in [5.74, 6) is -2.12. The summed E-state index contributed by atoms with van der Waals surface area (Å²) in [6, 6.07) is 5.76. The molecule has 0 bridgehead atoms. The zero-order valence-corrected chi connectivity index (χ0v) is 18.6. The Morgan fingerprint density at radius 3 is 2.10 bits per heavy atom. The summed E-state index contributed by atoms with van der Waals surface area (Å²) in [6.45, 7) is 5.66. The third-order valence-electron chi connectivity index (χ3n) is 4.22. The zero-order chi connectivity index (χ0) is 22.4. The fraction of sp³-hybridized carbons (Fsp3) is 0.550. The van der Waals surface area contributed by atoms with Crippen LogP contribution >= 0.6 is 0 Å². The van der Waals surface area contributed by atoms with Crippen LogP contribution in [-0.4, -0.2) is 69.9 Å². The molecule has 8 nitrogen and oxygen atoms in total. The molecule has 1 N–H and O–H groups in total. The molecule has 0 aromatic heterocycles. The second-order valence-corrected chi connectivity index (χ2v) is 10.4. The monoisotopic (exact) mass is 426 g/mol. The van der Waals surface area contributed by atoms with Crippen LogP contribution in [0.15, 0.2) is 24.3 Å². The fourth-order valence-electron chi connectivity index (χ4n) is 2.31. The van der Waals surface area contributed by atoms with E-state index in [9.17, 15) is 22.8 Å². The molecule has 0 saturated carbocycles. The minimum absolute atomic E-state index is 0.0736. The number of amides is 2. The molecule has 1 rings (SSSR count). The van der Waals surface area contributed by atoms with Crippen LogP contribution in [0.4, 0.5) is 0 Å². The molecular formula is C20H30N2O6S. The SMILES string of the molecule is CN(C)C(=O)COC(=O)[C@H](CCS(C)(=O)=O)NC(=O)c1ccc(C(C)(C)C)cc1. The summed E-state index contributed by atoms with van der Waals surface area (Å²) in [4.78, 5) is 37.8. The van der Waals surface area contributed by atoms with E-state index in [1.54, 1.807) is 12.1 Å². The van der Waals surface area contributed by atoms with Crippen LogP contribution in [0.3, 0.4) is 0 Å². The number of carbonyl (C=O) groups is 3. The molecule has 0 aliphatic heterocycles. The predicted octanol–water partition coefficient (Wildman–Crippen LogP) is 1.15. The first-order valence-electron chi connectivity index (χ1n) is 9.16. The maximum atomic E-state index is 12.5. The molecule has 1 aromatic carbocycles. The Balaban J connectivity index is 2.90. The van der Waals surface area contributed by atoms with Crippen LogP contribution in [0, 0.1) is 0 Å². The summed E-state index contributed by atoms with van der Waals surface area (Å²) in [5, 5.41) is 2.51. The van der Waals surface area contributed by atoms with Gasteiger partial charge in [-0.3, -0.25) is 9.59 Å². The standard InChI is InChI=1S/C20H30N2O6S/c1-20(2,3)15-9-7-14(8-10-15)18(24)21-16(11-12-29(6,26)27)19(25)28-13-17(23)22(4)5/h7-10,16H,11-13H2,1-6H3,(H,21,24)/t16-/m0/s1. The van der Waals surface area contributed by atoms with Gasteiger partial charge < -0.3 is 15.0 Å². The average Bonchev–Trinajstić information content (AvgIpc) is 2.61. The number of nitrogens with zero attached hydrogens (tertiary/aromatic N) is 1. The van der Waals surface area contributed by atoms with Gasteiger partial charge in [-0.05, 0) is 29.5 Å². The minimum atomic E-state index is -3.35. The highest BCUT2D eigenvalue weighted by Gasteiger charge is 2.25. The Morgan fingerprint density at radius 2 is 1.66 bits per heavy atom. The highest BCUT2D eigenvalue weighted by molar-refractivity contribution is 7.90.